The van der Waals surface area contributed by atoms with Gasteiger partial charge < -0.3 is 5.32 Å². The number of fused-ring (bicyclic) bond motifs is 3. The summed E-state index contributed by atoms with van der Waals surface area (Å²) in [4.78, 5) is 4.78. The molecule has 4 aromatic rings. The highest BCUT2D eigenvalue weighted by Gasteiger charge is 2.06. The van der Waals surface area contributed by atoms with E-state index in [1.807, 2.05) is 0 Å². The van der Waals surface area contributed by atoms with Crippen molar-refractivity contribution in [2.24, 2.45) is 0 Å². The van der Waals surface area contributed by atoms with Crippen molar-refractivity contribution < 1.29 is 0 Å². The third kappa shape index (κ3) is 2.55. The molecule has 2 nitrogen and oxygen atoms in total. The molecule has 1 N–H and O–H groups in total. The van der Waals surface area contributed by atoms with E-state index in [9.17, 15) is 0 Å². The Morgan fingerprint density at radius 1 is 0.864 bits per heavy atom. The van der Waals surface area contributed by atoms with Gasteiger partial charge >= 0.3 is 0 Å². The Hall–Kier alpha value is -2.39. The van der Waals surface area contributed by atoms with E-state index in [-0.39, 0.29) is 0 Å². The Morgan fingerprint density at radius 2 is 1.68 bits per heavy atom. The normalized spacial score (nSPS) is 11.1. The van der Waals surface area contributed by atoms with Gasteiger partial charge in [-0.2, -0.15) is 0 Å². The van der Waals surface area contributed by atoms with Crippen LogP contribution in [-0.4, -0.2) is 11.5 Å². The Morgan fingerprint density at radius 3 is 2.59 bits per heavy atom. The quantitative estimate of drug-likeness (QED) is 0.567. The van der Waals surface area contributed by atoms with Gasteiger partial charge in [0.1, 0.15) is 0 Å². The van der Waals surface area contributed by atoms with E-state index in [1.54, 1.807) is 11.3 Å². The molecule has 0 spiro atoms. The number of benzene rings is 3. The molecule has 0 aliphatic heterocycles. The molecule has 0 aliphatic carbocycles. The summed E-state index contributed by atoms with van der Waals surface area (Å²) < 4.78 is 1.24. The van der Waals surface area contributed by atoms with Crippen molar-refractivity contribution in [3.8, 4) is 0 Å². The molecule has 1 heterocycles. The van der Waals surface area contributed by atoms with Crippen LogP contribution in [0.25, 0.3) is 21.0 Å². The van der Waals surface area contributed by atoms with E-state index >= 15 is 0 Å². The largest absolute Gasteiger partial charge is 0.361 e. The first-order chi connectivity index (χ1) is 10.9. The van der Waals surface area contributed by atoms with Gasteiger partial charge in [-0.1, -0.05) is 72.0 Å². The fourth-order valence-electron chi connectivity index (χ4n) is 2.70. The van der Waals surface area contributed by atoms with Gasteiger partial charge in [0.15, 0.2) is 5.13 Å². The zero-order chi connectivity index (χ0) is 14.8. The maximum Gasteiger partial charge on any atom is 0.183 e. The zero-order valence-corrected chi connectivity index (χ0v) is 12.9. The van der Waals surface area contributed by atoms with Crippen LogP contribution in [0.3, 0.4) is 0 Å². The van der Waals surface area contributed by atoms with Gasteiger partial charge in [0.2, 0.25) is 0 Å². The van der Waals surface area contributed by atoms with Crippen LogP contribution in [0.4, 0.5) is 5.13 Å². The number of rotatable bonds is 4. The molecule has 0 fully saturated rings. The molecule has 0 radical (unpaired) electrons. The van der Waals surface area contributed by atoms with Crippen LogP contribution >= 0.6 is 11.3 Å². The smallest absolute Gasteiger partial charge is 0.183 e. The maximum absolute atomic E-state index is 4.78. The molecule has 1 aromatic heterocycles. The van der Waals surface area contributed by atoms with Gasteiger partial charge in [-0.3, -0.25) is 0 Å². The Bertz CT molecular complexity index is 912. The van der Waals surface area contributed by atoms with E-state index in [2.05, 4.69) is 72.0 Å². The molecule has 0 bridgehead atoms. The van der Waals surface area contributed by atoms with Crippen molar-refractivity contribution in [1.29, 1.82) is 0 Å². The van der Waals surface area contributed by atoms with Gasteiger partial charge in [-0.05, 0) is 23.4 Å². The monoisotopic (exact) mass is 304 g/mol. The topological polar surface area (TPSA) is 24.9 Å². The van der Waals surface area contributed by atoms with E-state index in [1.165, 1.54) is 21.0 Å². The lowest BCUT2D eigenvalue weighted by Gasteiger charge is -2.02. The molecule has 0 atom stereocenters. The number of thiazole rings is 1. The second-order valence-electron chi connectivity index (χ2n) is 5.31. The molecule has 22 heavy (non-hydrogen) atoms. The first-order valence-corrected chi connectivity index (χ1v) is 8.28. The number of aromatic nitrogens is 1. The number of nitrogens with one attached hydrogen (secondary N) is 1. The Balaban J connectivity index is 1.56. The lowest BCUT2D eigenvalue weighted by Crippen LogP contribution is -2.04. The van der Waals surface area contributed by atoms with E-state index in [0.29, 0.717) is 0 Å². The van der Waals surface area contributed by atoms with E-state index in [4.69, 9.17) is 4.98 Å². The van der Waals surface area contributed by atoms with Gasteiger partial charge in [0.05, 0.1) is 10.2 Å². The lowest BCUT2D eigenvalue weighted by molar-refractivity contribution is 1.02. The average Bonchev–Trinajstić information content (AvgIpc) is 2.99. The van der Waals surface area contributed by atoms with Gasteiger partial charge in [-0.25, -0.2) is 4.98 Å². The Labute approximate surface area is 133 Å². The van der Waals surface area contributed by atoms with Crippen molar-refractivity contribution in [3.63, 3.8) is 0 Å². The first kappa shape index (κ1) is 13.3. The van der Waals surface area contributed by atoms with Gasteiger partial charge in [0.25, 0.3) is 0 Å². The molecular formula is C19H16N2S. The van der Waals surface area contributed by atoms with Crippen molar-refractivity contribution in [2.75, 3.05) is 11.9 Å². The summed E-state index contributed by atoms with van der Waals surface area (Å²) in [6, 6.07) is 23.3. The zero-order valence-electron chi connectivity index (χ0n) is 12.1. The first-order valence-electron chi connectivity index (χ1n) is 7.46. The molecular weight excluding hydrogens is 288 g/mol. The molecule has 0 aliphatic rings. The highest BCUT2D eigenvalue weighted by atomic mass is 32.1. The molecule has 0 saturated carbocycles. The predicted molar refractivity (Wildman–Crippen MR) is 95.8 cm³/mol. The number of nitrogens with zero attached hydrogens (tertiary/aromatic N) is 1. The maximum atomic E-state index is 4.78. The number of hydrogen-bond acceptors (Lipinski definition) is 3. The van der Waals surface area contributed by atoms with Crippen LogP contribution in [0.2, 0.25) is 0 Å². The van der Waals surface area contributed by atoms with Crippen LogP contribution < -0.4 is 5.32 Å². The predicted octanol–water partition coefficient (Wildman–Crippen LogP) is 5.10. The van der Waals surface area contributed by atoms with Crippen molar-refractivity contribution >= 4 is 37.5 Å². The minimum absolute atomic E-state index is 0.905. The number of anilines is 1. The summed E-state index contributed by atoms with van der Waals surface area (Å²) in [6.07, 6.45) is 1.01. The molecule has 0 amide bonds. The van der Waals surface area contributed by atoms with Crippen LogP contribution in [0, 0.1) is 0 Å². The average molecular weight is 304 g/mol. The second kappa shape index (κ2) is 5.78. The third-order valence-corrected chi connectivity index (χ3v) is 4.79. The molecule has 0 unspecified atom stereocenters. The van der Waals surface area contributed by atoms with Crippen molar-refractivity contribution in [1.82, 2.24) is 4.98 Å². The summed E-state index contributed by atoms with van der Waals surface area (Å²) in [7, 11) is 0. The number of hydrogen-bond donors (Lipinski definition) is 1. The fourth-order valence-corrected chi connectivity index (χ4v) is 3.60. The SMILES string of the molecule is c1ccc(CCNc2nc3c(ccc4ccccc43)s2)cc1. The summed E-state index contributed by atoms with van der Waals surface area (Å²) in [5.41, 5.74) is 2.45. The third-order valence-electron chi connectivity index (χ3n) is 3.82. The summed E-state index contributed by atoms with van der Waals surface area (Å²) in [6.45, 7) is 0.905. The summed E-state index contributed by atoms with van der Waals surface area (Å²) in [5.74, 6) is 0. The van der Waals surface area contributed by atoms with Crippen LogP contribution in [0.1, 0.15) is 5.56 Å². The van der Waals surface area contributed by atoms with Gasteiger partial charge in [-0.15, -0.1) is 0 Å². The van der Waals surface area contributed by atoms with Gasteiger partial charge in [0, 0.05) is 11.9 Å². The summed E-state index contributed by atoms with van der Waals surface area (Å²) in [5, 5.41) is 6.93. The molecule has 0 saturated heterocycles. The standard InChI is InChI=1S/C19H16N2S/c1-2-6-14(7-3-1)12-13-20-19-21-18-16-9-5-4-8-15(16)10-11-17(18)22-19/h1-11H,12-13H2,(H,20,21). The molecule has 3 aromatic carbocycles. The highest BCUT2D eigenvalue weighted by molar-refractivity contribution is 7.22. The van der Waals surface area contributed by atoms with Crippen LogP contribution in [0.5, 0.6) is 0 Å². The minimum Gasteiger partial charge on any atom is -0.361 e. The summed E-state index contributed by atoms with van der Waals surface area (Å²) >= 11 is 1.73. The molecule has 3 heteroatoms. The van der Waals surface area contributed by atoms with E-state index in [0.717, 1.165) is 23.6 Å². The fraction of sp³-hybridized carbons (Fsp3) is 0.105. The minimum atomic E-state index is 0.905. The van der Waals surface area contributed by atoms with Crippen LogP contribution in [-0.2, 0) is 6.42 Å². The molecule has 4 rings (SSSR count). The molecule has 108 valence electrons. The Kier molecular flexibility index (Phi) is 3.49. The lowest BCUT2D eigenvalue weighted by atomic mass is 10.1. The highest BCUT2D eigenvalue weighted by Crippen LogP contribution is 2.31. The van der Waals surface area contributed by atoms with Crippen molar-refractivity contribution in [2.45, 2.75) is 6.42 Å². The second-order valence-corrected chi connectivity index (χ2v) is 6.35. The van der Waals surface area contributed by atoms with E-state index < -0.39 is 0 Å². The van der Waals surface area contributed by atoms with Crippen molar-refractivity contribution in [3.05, 3.63) is 72.3 Å². The van der Waals surface area contributed by atoms with Crippen LogP contribution in [0.15, 0.2) is 66.7 Å².